The van der Waals surface area contributed by atoms with E-state index >= 15 is 0 Å². The summed E-state index contributed by atoms with van der Waals surface area (Å²) >= 11 is 7.24. The van der Waals surface area contributed by atoms with Gasteiger partial charge < -0.3 is 5.32 Å². The van der Waals surface area contributed by atoms with Crippen molar-refractivity contribution in [2.24, 2.45) is 0 Å². The number of carbonyl (C=O) groups is 1. The van der Waals surface area contributed by atoms with Crippen LogP contribution < -0.4 is 5.32 Å². The molecule has 0 aliphatic carbocycles. The molecule has 2 rings (SSSR count). The average Bonchev–Trinajstić information content (AvgIpc) is 2.54. The van der Waals surface area contributed by atoms with Crippen LogP contribution in [0.25, 0.3) is 0 Å². The summed E-state index contributed by atoms with van der Waals surface area (Å²) in [5.74, 6) is -0.351. The number of nitrogens with zero attached hydrogens (tertiary/aromatic N) is 1. The quantitative estimate of drug-likeness (QED) is 0.491. The van der Waals surface area contributed by atoms with Crippen molar-refractivity contribution in [2.75, 3.05) is 7.05 Å². The van der Waals surface area contributed by atoms with E-state index in [0.29, 0.717) is 9.92 Å². The van der Waals surface area contributed by atoms with Gasteiger partial charge in [0.15, 0.2) is 0 Å². The van der Waals surface area contributed by atoms with Crippen LogP contribution in [0, 0.1) is 10.1 Å². The first kappa shape index (κ1) is 17.3. The molecule has 0 heterocycles. The van der Waals surface area contributed by atoms with E-state index < -0.39 is 4.92 Å². The largest absolute Gasteiger partial charge is 0.355 e. The third-order valence-corrected chi connectivity index (χ3v) is 4.76. The Kier molecular flexibility index (Phi) is 5.63. The van der Waals surface area contributed by atoms with Crippen LogP contribution in [-0.4, -0.2) is 17.9 Å². The van der Waals surface area contributed by atoms with E-state index in [9.17, 15) is 14.9 Å². The normalized spacial score (nSPS) is 11.8. The van der Waals surface area contributed by atoms with Crippen LogP contribution in [0.5, 0.6) is 0 Å². The lowest BCUT2D eigenvalue weighted by molar-refractivity contribution is -0.387. The molecule has 2 aromatic rings. The molecule has 1 amide bonds. The van der Waals surface area contributed by atoms with E-state index in [4.69, 9.17) is 11.6 Å². The predicted octanol–water partition coefficient (Wildman–Crippen LogP) is 4.46. The zero-order chi connectivity index (χ0) is 17.0. The fourth-order valence-corrected chi connectivity index (χ4v) is 3.24. The van der Waals surface area contributed by atoms with E-state index in [1.54, 1.807) is 24.3 Å². The maximum Gasteiger partial charge on any atom is 0.283 e. The molecule has 0 aromatic heterocycles. The van der Waals surface area contributed by atoms with Crippen molar-refractivity contribution in [3.05, 3.63) is 68.7 Å². The summed E-state index contributed by atoms with van der Waals surface area (Å²) in [5, 5.41) is 14.4. The summed E-state index contributed by atoms with van der Waals surface area (Å²) in [7, 11) is 1.49. The number of thioether (sulfide) groups is 1. The summed E-state index contributed by atoms with van der Waals surface area (Å²) in [6, 6.07) is 11.9. The van der Waals surface area contributed by atoms with Gasteiger partial charge in [-0.25, -0.2) is 0 Å². The predicted molar refractivity (Wildman–Crippen MR) is 92.2 cm³/mol. The highest BCUT2D eigenvalue weighted by atomic mass is 35.5. The number of nitrogens with one attached hydrogen (secondary N) is 1. The van der Waals surface area contributed by atoms with Crippen molar-refractivity contribution < 1.29 is 9.72 Å². The van der Waals surface area contributed by atoms with Crippen molar-refractivity contribution in [1.29, 1.82) is 0 Å². The third-order valence-electron chi connectivity index (χ3n) is 3.29. The first-order valence-electron chi connectivity index (χ1n) is 6.85. The second-order valence-electron chi connectivity index (χ2n) is 4.83. The van der Waals surface area contributed by atoms with Gasteiger partial charge in [-0.1, -0.05) is 23.7 Å². The lowest BCUT2D eigenvalue weighted by Gasteiger charge is -2.12. The topological polar surface area (TPSA) is 72.2 Å². The van der Waals surface area contributed by atoms with Gasteiger partial charge in [0.2, 0.25) is 0 Å². The molecule has 7 heteroatoms. The van der Waals surface area contributed by atoms with Crippen molar-refractivity contribution in [1.82, 2.24) is 5.32 Å². The monoisotopic (exact) mass is 350 g/mol. The summed E-state index contributed by atoms with van der Waals surface area (Å²) < 4.78 is 0. The third kappa shape index (κ3) is 4.24. The van der Waals surface area contributed by atoms with Crippen LogP contribution in [0.4, 0.5) is 5.69 Å². The lowest BCUT2D eigenvalue weighted by atomic mass is 10.2. The van der Waals surface area contributed by atoms with Crippen LogP contribution in [-0.2, 0) is 0 Å². The number of carbonyl (C=O) groups excluding carboxylic acids is 1. The zero-order valence-electron chi connectivity index (χ0n) is 12.6. The Labute approximate surface area is 143 Å². The highest BCUT2D eigenvalue weighted by Gasteiger charge is 2.20. The molecule has 0 saturated carbocycles. The molecular weight excluding hydrogens is 336 g/mol. The number of amides is 1. The second-order valence-corrected chi connectivity index (χ2v) is 6.65. The van der Waals surface area contributed by atoms with Gasteiger partial charge in [0.05, 0.1) is 9.82 Å². The zero-order valence-corrected chi connectivity index (χ0v) is 14.1. The summed E-state index contributed by atoms with van der Waals surface area (Å²) in [5.41, 5.74) is 1.21. The number of halogens is 1. The minimum absolute atomic E-state index is 0.0109. The molecule has 0 saturated heterocycles. The molecule has 5 nitrogen and oxygen atoms in total. The maximum absolute atomic E-state index is 11.6. The van der Waals surface area contributed by atoms with E-state index in [-0.39, 0.29) is 22.4 Å². The Morgan fingerprint density at radius 1 is 1.26 bits per heavy atom. The van der Waals surface area contributed by atoms with Crippen molar-refractivity contribution in [3.8, 4) is 0 Å². The molecule has 1 N–H and O–H groups in total. The van der Waals surface area contributed by atoms with Crippen molar-refractivity contribution in [3.63, 3.8) is 0 Å². The molecule has 0 bridgehead atoms. The SMILES string of the molecule is CNC(=O)c1ccc(SC(C)c2ccc(Cl)cc2)c([N+](=O)[O-])c1. The van der Waals surface area contributed by atoms with Gasteiger partial charge in [0, 0.05) is 29.0 Å². The number of rotatable bonds is 5. The van der Waals surface area contributed by atoms with Gasteiger partial charge in [-0.3, -0.25) is 14.9 Å². The highest BCUT2D eigenvalue weighted by Crippen LogP contribution is 2.40. The van der Waals surface area contributed by atoms with Crippen LogP contribution in [0.15, 0.2) is 47.4 Å². The maximum atomic E-state index is 11.6. The van der Waals surface area contributed by atoms with E-state index in [0.717, 1.165) is 5.56 Å². The standard InChI is InChI=1S/C16H15ClN2O3S/c1-10(11-3-6-13(17)7-4-11)23-15-8-5-12(16(20)18-2)9-14(15)19(21)22/h3-10H,1-2H3,(H,18,20). The van der Waals surface area contributed by atoms with Crippen LogP contribution >= 0.6 is 23.4 Å². The first-order valence-corrected chi connectivity index (χ1v) is 8.10. The molecule has 1 atom stereocenters. The second kappa shape index (κ2) is 7.48. The van der Waals surface area contributed by atoms with Crippen LogP contribution in [0.2, 0.25) is 5.02 Å². The Hall–Kier alpha value is -2.05. The smallest absolute Gasteiger partial charge is 0.283 e. The summed E-state index contributed by atoms with van der Waals surface area (Å²) in [6.45, 7) is 1.96. The van der Waals surface area contributed by atoms with Gasteiger partial charge in [-0.2, -0.15) is 0 Å². The van der Waals surface area contributed by atoms with Crippen LogP contribution in [0.1, 0.15) is 28.1 Å². The number of hydrogen-bond acceptors (Lipinski definition) is 4. The molecule has 0 fully saturated rings. The van der Waals surface area contributed by atoms with Gasteiger partial charge in [-0.05, 0) is 36.8 Å². The highest BCUT2D eigenvalue weighted by molar-refractivity contribution is 7.99. The first-order chi connectivity index (χ1) is 10.9. The fourth-order valence-electron chi connectivity index (χ4n) is 2.04. The summed E-state index contributed by atoms with van der Waals surface area (Å²) in [6.07, 6.45) is 0. The van der Waals surface area contributed by atoms with Gasteiger partial charge in [0.25, 0.3) is 11.6 Å². The minimum atomic E-state index is -0.469. The van der Waals surface area contributed by atoms with Gasteiger partial charge in [0.1, 0.15) is 0 Å². The number of hydrogen-bond donors (Lipinski definition) is 1. The Morgan fingerprint density at radius 3 is 2.48 bits per heavy atom. The Morgan fingerprint density at radius 2 is 1.91 bits per heavy atom. The van der Waals surface area contributed by atoms with Crippen molar-refractivity contribution >= 4 is 35.0 Å². The fraction of sp³-hybridized carbons (Fsp3) is 0.188. The van der Waals surface area contributed by atoms with Gasteiger partial charge >= 0.3 is 0 Å². The number of nitro groups is 1. The molecule has 2 aromatic carbocycles. The molecule has 120 valence electrons. The number of nitro benzene ring substituents is 1. The van der Waals surface area contributed by atoms with Gasteiger partial charge in [-0.15, -0.1) is 11.8 Å². The van der Waals surface area contributed by atoms with E-state index in [1.807, 2.05) is 19.1 Å². The lowest BCUT2D eigenvalue weighted by Crippen LogP contribution is -2.17. The summed E-state index contributed by atoms with van der Waals surface area (Å²) in [4.78, 5) is 23.0. The Balaban J connectivity index is 2.29. The molecule has 0 aliphatic heterocycles. The van der Waals surface area contributed by atoms with Crippen molar-refractivity contribution in [2.45, 2.75) is 17.1 Å². The molecule has 23 heavy (non-hydrogen) atoms. The average molecular weight is 351 g/mol. The molecule has 0 radical (unpaired) electrons. The molecule has 0 aliphatic rings. The molecule has 0 spiro atoms. The minimum Gasteiger partial charge on any atom is -0.355 e. The molecular formula is C16H15ClN2O3S. The Bertz CT molecular complexity index is 735. The van der Waals surface area contributed by atoms with Crippen LogP contribution in [0.3, 0.4) is 0 Å². The number of benzene rings is 2. The van der Waals surface area contributed by atoms with E-state index in [2.05, 4.69) is 5.32 Å². The van der Waals surface area contributed by atoms with E-state index in [1.165, 1.54) is 24.9 Å². The molecule has 1 unspecified atom stereocenters.